The summed E-state index contributed by atoms with van der Waals surface area (Å²) < 4.78 is 1.75. The van der Waals surface area contributed by atoms with Crippen LogP contribution in [0.5, 0.6) is 0 Å². The van der Waals surface area contributed by atoms with E-state index < -0.39 is 0 Å². The van der Waals surface area contributed by atoms with Crippen molar-refractivity contribution in [1.82, 2.24) is 14.8 Å². The number of halogens is 1. The summed E-state index contributed by atoms with van der Waals surface area (Å²) in [5.74, 6) is 0.854. The molecule has 0 atom stereocenters. The molecular weight excluding hydrogens is 212 g/mol. The molecule has 0 amide bonds. The van der Waals surface area contributed by atoms with Crippen molar-refractivity contribution in [2.24, 2.45) is 5.73 Å². The number of rotatable bonds is 2. The molecule has 2 rings (SSSR count). The van der Waals surface area contributed by atoms with Crippen LogP contribution in [0.2, 0.25) is 0 Å². The molecule has 2 N–H and O–H groups in total. The summed E-state index contributed by atoms with van der Waals surface area (Å²) in [5.41, 5.74) is 7.65. The van der Waals surface area contributed by atoms with Crippen molar-refractivity contribution in [3.8, 4) is 5.82 Å². The van der Waals surface area contributed by atoms with Gasteiger partial charge in [0.15, 0.2) is 5.82 Å². The average molecular weight is 225 g/mol. The lowest BCUT2D eigenvalue weighted by Gasteiger charge is -2.05. The predicted molar refractivity (Wildman–Crippen MR) is 61.2 cm³/mol. The fourth-order valence-electron chi connectivity index (χ4n) is 1.37. The van der Waals surface area contributed by atoms with E-state index in [4.69, 9.17) is 5.73 Å². The highest BCUT2D eigenvalue weighted by Crippen LogP contribution is 2.10. The molecule has 0 radical (unpaired) electrons. The van der Waals surface area contributed by atoms with Crippen LogP contribution < -0.4 is 5.73 Å². The SMILES string of the molecule is Cc1cc(CN)cnc1-n1cccn1.Cl. The molecule has 2 heterocycles. The minimum Gasteiger partial charge on any atom is -0.326 e. The van der Waals surface area contributed by atoms with Gasteiger partial charge in [0.1, 0.15) is 0 Å². The summed E-state index contributed by atoms with van der Waals surface area (Å²) in [6.45, 7) is 2.52. The Morgan fingerprint density at radius 3 is 2.80 bits per heavy atom. The summed E-state index contributed by atoms with van der Waals surface area (Å²) in [7, 11) is 0. The van der Waals surface area contributed by atoms with Crippen LogP contribution in [0.1, 0.15) is 11.1 Å². The van der Waals surface area contributed by atoms with Gasteiger partial charge in [-0.25, -0.2) is 9.67 Å². The molecule has 0 aromatic carbocycles. The zero-order valence-corrected chi connectivity index (χ0v) is 9.24. The Bertz CT molecular complexity index is 425. The van der Waals surface area contributed by atoms with Crippen LogP contribution >= 0.6 is 12.4 Å². The molecule has 0 fully saturated rings. The van der Waals surface area contributed by atoms with Crippen LogP contribution in [0.4, 0.5) is 0 Å². The van der Waals surface area contributed by atoms with Crippen LogP contribution in [-0.2, 0) is 6.54 Å². The van der Waals surface area contributed by atoms with Crippen LogP contribution in [0.3, 0.4) is 0 Å². The molecule has 80 valence electrons. The number of hydrogen-bond acceptors (Lipinski definition) is 3. The molecule has 0 bridgehead atoms. The van der Waals surface area contributed by atoms with Gasteiger partial charge in [-0.3, -0.25) is 0 Å². The number of nitrogens with zero attached hydrogens (tertiary/aromatic N) is 3. The van der Waals surface area contributed by atoms with Crippen LogP contribution in [0.25, 0.3) is 5.82 Å². The average Bonchev–Trinajstić information content (AvgIpc) is 2.70. The first-order valence-corrected chi connectivity index (χ1v) is 4.47. The third-order valence-corrected chi connectivity index (χ3v) is 2.06. The minimum absolute atomic E-state index is 0. The summed E-state index contributed by atoms with van der Waals surface area (Å²) in [6, 6.07) is 3.90. The third-order valence-electron chi connectivity index (χ3n) is 2.06. The zero-order chi connectivity index (χ0) is 9.97. The molecule has 0 aliphatic rings. The monoisotopic (exact) mass is 224 g/mol. The molecule has 4 nitrogen and oxygen atoms in total. The van der Waals surface area contributed by atoms with Crippen LogP contribution in [0, 0.1) is 6.92 Å². The highest BCUT2D eigenvalue weighted by Gasteiger charge is 2.02. The Balaban J connectivity index is 0.00000112. The maximum absolute atomic E-state index is 5.53. The standard InChI is InChI=1S/C10H12N4.ClH/c1-8-5-9(6-11)7-12-10(8)14-4-2-3-13-14;/h2-5,7H,6,11H2,1H3;1H. The lowest BCUT2D eigenvalue weighted by atomic mass is 10.2. The fraction of sp³-hybridized carbons (Fsp3) is 0.200. The van der Waals surface area contributed by atoms with Crippen molar-refractivity contribution in [3.63, 3.8) is 0 Å². The smallest absolute Gasteiger partial charge is 0.156 e. The minimum atomic E-state index is 0. The largest absolute Gasteiger partial charge is 0.326 e. The highest BCUT2D eigenvalue weighted by atomic mass is 35.5. The summed E-state index contributed by atoms with van der Waals surface area (Å²) in [6.07, 6.45) is 5.39. The first-order chi connectivity index (χ1) is 6.81. The fourth-order valence-corrected chi connectivity index (χ4v) is 1.37. The molecule has 0 saturated heterocycles. The Hall–Kier alpha value is -1.39. The van der Waals surface area contributed by atoms with Crippen molar-refractivity contribution in [1.29, 1.82) is 0 Å². The van der Waals surface area contributed by atoms with E-state index in [9.17, 15) is 0 Å². The van der Waals surface area contributed by atoms with Crippen molar-refractivity contribution < 1.29 is 0 Å². The van der Waals surface area contributed by atoms with Gasteiger partial charge in [-0.05, 0) is 30.2 Å². The van der Waals surface area contributed by atoms with Crippen molar-refractivity contribution in [2.45, 2.75) is 13.5 Å². The Labute approximate surface area is 94.5 Å². The van der Waals surface area contributed by atoms with E-state index in [0.29, 0.717) is 6.54 Å². The van der Waals surface area contributed by atoms with Gasteiger partial charge in [0.2, 0.25) is 0 Å². The second kappa shape index (κ2) is 4.91. The Kier molecular flexibility index (Phi) is 3.82. The van der Waals surface area contributed by atoms with E-state index in [1.807, 2.05) is 25.3 Å². The molecule has 0 saturated carbocycles. The van der Waals surface area contributed by atoms with E-state index >= 15 is 0 Å². The van der Waals surface area contributed by atoms with Crippen molar-refractivity contribution >= 4 is 12.4 Å². The van der Waals surface area contributed by atoms with E-state index in [2.05, 4.69) is 10.1 Å². The van der Waals surface area contributed by atoms with Gasteiger partial charge in [0, 0.05) is 25.1 Å². The topological polar surface area (TPSA) is 56.7 Å². The van der Waals surface area contributed by atoms with Gasteiger partial charge in [-0.15, -0.1) is 12.4 Å². The maximum atomic E-state index is 5.53. The molecule has 0 aliphatic heterocycles. The number of hydrogen-bond donors (Lipinski definition) is 1. The first-order valence-electron chi connectivity index (χ1n) is 4.47. The van der Waals surface area contributed by atoms with E-state index in [0.717, 1.165) is 16.9 Å². The molecule has 0 aliphatic carbocycles. The van der Waals surface area contributed by atoms with Gasteiger partial charge in [0.25, 0.3) is 0 Å². The van der Waals surface area contributed by atoms with E-state index in [1.165, 1.54) is 0 Å². The normalized spacial score (nSPS) is 9.73. The van der Waals surface area contributed by atoms with Gasteiger partial charge >= 0.3 is 0 Å². The summed E-state index contributed by atoms with van der Waals surface area (Å²) >= 11 is 0. The quantitative estimate of drug-likeness (QED) is 0.840. The van der Waals surface area contributed by atoms with Gasteiger partial charge in [-0.1, -0.05) is 0 Å². The lowest BCUT2D eigenvalue weighted by molar-refractivity contribution is 0.833. The third kappa shape index (κ3) is 2.34. The molecule has 15 heavy (non-hydrogen) atoms. The second-order valence-electron chi connectivity index (χ2n) is 3.14. The second-order valence-corrected chi connectivity index (χ2v) is 3.14. The Morgan fingerprint density at radius 2 is 2.27 bits per heavy atom. The summed E-state index contributed by atoms with van der Waals surface area (Å²) in [4.78, 5) is 4.31. The molecule has 0 spiro atoms. The van der Waals surface area contributed by atoms with Crippen molar-refractivity contribution in [3.05, 3.63) is 41.9 Å². The molecule has 0 unspecified atom stereocenters. The maximum Gasteiger partial charge on any atom is 0.156 e. The van der Waals surface area contributed by atoms with E-state index in [1.54, 1.807) is 17.1 Å². The van der Waals surface area contributed by atoms with Crippen LogP contribution in [0.15, 0.2) is 30.7 Å². The highest BCUT2D eigenvalue weighted by molar-refractivity contribution is 5.85. The van der Waals surface area contributed by atoms with Gasteiger partial charge in [0.05, 0.1) is 0 Å². The molecule has 5 heteroatoms. The number of pyridine rings is 1. The van der Waals surface area contributed by atoms with Crippen molar-refractivity contribution in [2.75, 3.05) is 0 Å². The number of aryl methyl sites for hydroxylation is 1. The Morgan fingerprint density at radius 1 is 1.47 bits per heavy atom. The first kappa shape index (κ1) is 11.7. The number of nitrogens with two attached hydrogens (primary N) is 1. The van der Waals surface area contributed by atoms with Gasteiger partial charge in [-0.2, -0.15) is 5.10 Å². The number of aromatic nitrogens is 3. The molecular formula is C10H13ClN4. The lowest BCUT2D eigenvalue weighted by Crippen LogP contribution is -2.04. The van der Waals surface area contributed by atoms with Crippen LogP contribution in [-0.4, -0.2) is 14.8 Å². The molecule has 2 aromatic heterocycles. The van der Waals surface area contributed by atoms with Gasteiger partial charge < -0.3 is 5.73 Å². The zero-order valence-electron chi connectivity index (χ0n) is 8.42. The van der Waals surface area contributed by atoms with E-state index in [-0.39, 0.29) is 12.4 Å². The molecule has 2 aromatic rings. The summed E-state index contributed by atoms with van der Waals surface area (Å²) in [5, 5.41) is 4.13. The predicted octanol–water partition coefficient (Wildman–Crippen LogP) is 1.46.